The van der Waals surface area contributed by atoms with E-state index in [1.165, 1.54) is 11.8 Å². The lowest BCUT2D eigenvalue weighted by Gasteiger charge is -2.10. The number of alkyl halides is 3. The molecule has 0 spiro atoms. The van der Waals surface area contributed by atoms with Crippen molar-refractivity contribution in [2.45, 2.75) is 11.1 Å². The fourth-order valence-electron chi connectivity index (χ4n) is 1.01. The van der Waals surface area contributed by atoms with Gasteiger partial charge < -0.3 is 5.32 Å². The van der Waals surface area contributed by atoms with Crippen LogP contribution in [-0.2, 0) is 10.0 Å². The van der Waals surface area contributed by atoms with Gasteiger partial charge in [-0.15, -0.1) is 0 Å². The van der Waals surface area contributed by atoms with Crippen molar-refractivity contribution < 1.29 is 21.6 Å². The Morgan fingerprint density at radius 3 is 2.50 bits per heavy atom. The average molecular weight is 304 g/mol. The molecule has 0 fully saturated rings. The van der Waals surface area contributed by atoms with Gasteiger partial charge in [-0.1, -0.05) is 11.6 Å². The molecule has 0 unspecified atom stereocenters. The van der Waals surface area contributed by atoms with E-state index >= 15 is 0 Å². The van der Waals surface area contributed by atoms with Crippen LogP contribution in [0.2, 0.25) is 5.02 Å². The first-order chi connectivity index (χ1) is 8.15. The molecule has 0 aliphatic heterocycles. The first-order valence-electron chi connectivity index (χ1n) is 4.55. The van der Waals surface area contributed by atoms with Crippen LogP contribution in [0.5, 0.6) is 0 Å². The summed E-state index contributed by atoms with van der Waals surface area (Å²) < 4.78 is 60.2. The maximum atomic E-state index is 11.9. The molecule has 0 radical (unpaired) electrons. The van der Waals surface area contributed by atoms with Gasteiger partial charge in [-0.2, -0.15) is 13.2 Å². The van der Waals surface area contributed by atoms with Gasteiger partial charge in [0, 0.05) is 13.2 Å². The fraction of sp³-hybridized carbons (Fsp3) is 0.375. The van der Waals surface area contributed by atoms with Crippen molar-refractivity contribution in [3.05, 3.63) is 17.3 Å². The van der Waals surface area contributed by atoms with Gasteiger partial charge in [-0.3, -0.25) is 0 Å². The minimum Gasteiger partial charge on any atom is -0.372 e. The molecular weight excluding hydrogens is 295 g/mol. The van der Waals surface area contributed by atoms with Gasteiger partial charge in [-0.25, -0.2) is 18.1 Å². The van der Waals surface area contributed by atoms with Crippen LogP contribution in [0.1, 0.15) is 0 Å². The van der Waals surface area contributed by atoms with Gasteiger partial charge in [0.25, 0.3) is 0 Å². The summed E-state index contributed by atoms with van der Waals surface area (Å²) in [7, 11) is -2.77. The van der Waals surface area contributed by atoms with E-state index in [2.05, 4.69) is 10.3 Å². The van der Waals surface area contributed by atoms with Crippen LogP contribution in [0.15, 0.2) is 17.2 Å². The van der Waals surface area contributed by atoms with Crippen molar-refractivity contribution in [1.29, 1.82) is 0 Å². The Morgan fingerprint density at radius 2 is 2.06 bits per heavy atom. The van der Waals surface area contributed by atoms with E-state index in [0.29, 0.717) is 0 Å². The molecule has 1 aromatic rings. The maximum absolute atomic E-state index is 11.9. The van der Waals surface area contributed by atoms with E-state index in [9.17, 15) is 21.6 Å². The van der Waals surface area contributed by atoms with E-state index < -0.39 is 27.6 Å². The summed E-state index contributed by atoms with van der Waals surface area (Å²) in [6, 6.07) is 1.01. The molecule has 0 amide bonds. The van der Waals surface area contributed by atoms with Gasteiger partial charge in [0.05, 0.1) is 5.02 Å². The number of pyridine rings is 1. The number of anilines is 1. The molecule has 0 aromatic carbocycles. The van der Waals surface area contributed by atoms with Crippen molar-refractivity contribution >= 4 is 27.4 Å². The quantitative estimate of drug-likeness (QED) is 0.886. The zero-order chi connectivity index (χ0) is 14.0. The lowest BCUT2D eigenvalue weighted by molar-refractivity contribution is -0.121. The van der Waals surface area contributed by atoms with E-state index in [1.807, 2.05) is 0 Å². The standard InChI is InChI=1S/C8H9ClF3N3O2S/c1-13-7-6(9)2-5(3-14-7)18(16,17)15-4-8(10,11)12/h2-3,15H,4H2,1H3,(H,13,14). The van der Waals surface area contributed by atoms with E-state index in [-0.39, 0.29) is 10.8 Å². The van der Waals surface area contributed by atoms with Crippen molar-refractivity contribution in [3.8, 4) is 0 Å². The molecule has 0 aliphatic rings. The third-order valence-electron chi connectivity index (χ3n) is 1.83. The normalized spacial score (nSPS) is 12.5. The Kier molecular flexibility index (Phi) is 4.41. The zero-order valence-corrected chi connectivity index (χ0v) is 10.6. The molecule has 10 heteroatoms. The largest absolute Gasteiger partial charge is 0.402 e. The summed E-state index contributed by atoms with van der Waals surface area (Å²) in [5.41, 5.74) is 0. The molecule has 2 N–H and O–H groups in total. The highest BCUT2D eigenvalue weighted by atomic mass is 35.5. The average Bonchev–Trinajstić information content (AvgIpc) is 2.25. The third kappa shape index (κ3) is 4.00. The number of aromatic nitrogens is 1. The van der Waals surface area contributed by atoms with Gasteiger partial charge >= 0.3 is 6.18 Å². The summed E-state index contributed by atoms with van der Waals surface area (Å²) in [5, 5.41) is 2.58. The van der Waals surface area contributed by atoms with Crippen molar-refractivity contribution in [2.24, 2.45) is 0 Å². The molecule has 1 heterocycles. The Morgan fingerprint density at radius 1 is 1.44 bits per heavy atom. The van der Waals surface area contributed by atoms with Crippen molar-refractivity contribution in [2.75, 3.05) is 18.9 Å². The molecule has 1 rings (SSSR count). The molecule has 0 aliphatic carbocycles. The SMILES string of the molecule is CNc1ncc(S(=O)(=O)NCC(F)(F)F)cc1Cl. The summed E-state index contributed by atoms with van der Waals surface area (Å²) >= 11 is 5.69. The van der Waals surface area contributed by atoms with E-state index in [1.54, 1.807) is 0 Å². The van der Waals surface area contributed by atoms with Crippen LogP contribution in [-0.4, -0.2) is 33.2 Å². The molecule has 0 saturated carbocycles. The highest BCUT2D eigenvalue weighted by Gasteiger charge is 2.30. The number of rotatable bonds is 4. The first kappa shape index (κ1) is 15.0. The highest BCUT2D eigenvalue weighted by Crippen LogP contribution is 2.22. The summed E-state index contributed by atoms with van der Waals surface area (Å²) in [4.78, 5) is 3.23. The van der Waals surface area contributed by atoms with Crippen LogP contribution < -0.4 is 10.0 Å². The first-order valence-corrected chi connectivity index (χ1v) is 6.41. The third-order valence-corrected chi connectivity index (χ3v) is 3.48. The minimum absolute atomic E-state index is 0.00705. The number of nitrogens with zero attached hydrogens (tertiary/aromatic N) is 1. The molecule has 0 bridgehead atoms. The fourth-order valence-corrected chi connectivity index (χ4v) is 2.32. The molecule has 1 aromatic heterocycles. The van der Waals surface area contributed by atoms with Crippen LogP contribution in [0.25, 0.3) is 0 Å². The zero-order valence-electron chi connectivity index (χ0n) is 9.05. The molecule has 5 nitrogen and oxygen atoms in total. The molecular formula is C8H9ClF3N3O2S. The Labute approximate surface area is 106 Å². The maximum Gasteiger partial charge on any atom is 0.402 e. The second kappa shape index (κ2) is 5.29. The molecule has 18 heavy (non-hydrogen) atoms. The van der Waals surface area contributed by atoms with Gasteiger partial charge in [0.2, 0.25) is 10.0 Å². The molecule has 0 saturated heterocycles. The number of halogens is 4. The Balaban J connectivity index is 2.96. The molecule has 102 valence electrons. The monoisotopic (exact) mass is 303 g/mol. The lowest BCUT2D eigenvalue weighted by atomic mass is 10.4. The predicted octanol–water partition coefficient (Wildman–Crippen LogP) is 1.62. The Bertz CT molecular complexity index is 533. The number of hydrogen-bond donors (Lipinski definition) is 2. The minimum atomic E-state index is -4.63. The van der Waals surface area contributed by atoms with Gasteiger partial charge in [0.15, 0.2) is 0 Å². The van der Waals surface area contributed by atoms with Crippen LogP contribution >= 0.6 is 11.6 Å². The predicted molar refractivity (Wildman–Crippen MR) is 60.0 cm³/mol. The van der Waals surface area contributed by atoms with Crippen molar-refractivity contribution in [3.63, 3.8) is 0 Å². The molecule has 0 atom stereocenters. The second-order valence-corrected chi connectivity index (χ2v) is 5.37. The lowest BCUT2D eigenvalue weighted by Crippen LogP contribution is -2.33. The topological polar surface area (TPSA) is 71.1 Å². The van der Waals surface area contributed by atoms with E-state index in [0.717, 1.165) is 12.3 Å². The van der Waals surface area contributed by atoms with Crippen LogP contribution in [0.3, 0.4) is 0 Å². The Hall–Kier alpha value is -1.06. The van der Waals surface area contributed by atoms with Gasteiger partial charge in [-0.05, 0) is 6.07 Å². The second-order valence-electron chi connectivity index (χ2n) is 3.19. The highest BCUT2D eigenvalue weighted by molar-refractivity contribution is 7.89. The number of sulfonamides is 1. The number of nitrogens with one attached hydrogen (secondary N) is 2. The van der Waals surface area contributed by atoms with E-state index in [4.69, 9.17) is 11.6 Å². The summed E-state index contributed by atoms with van der Waals surface area (Å²) in [5.74, 6) is 0.228. The smallest absolute Gasteiger partial charge is 0.372 e. The summed E-state index contributed by atoms with van der Waals surface area (Å²) in [6.45, 7) is -1.65. The van der Waals surface area contributed by atoms with Crippen LogP contribution in [0.4, 0.5) is 19.0 Å². The van der Waals surface area contributed by atoms with Crippen LogP contribution in [0, 0.1) is 0 Å². The van der Waals surface area contributed by atoms with Gasteiger partial charge in [0.1, 0.15) is 17.3 Å². The number of hydrogen-bond acceptors (Lipinski definition) is 4. The van der Waals surface area contributed by atoms with Crippen molar-refractivity contribution in [1.82, 2.24) is 9.71 Å². The summed E-state index contributed by atoms with van der Waals surface area (Å²) in [6.07, 6.45) is -3.72.